The van der Waals surface area contributed by atoms with Gasteiger partial charge in [0.1, 0.15) is 5.02 Å². The van der Waals surface area contributed by atoms with Gasteiger partial charge in [0.05, 0.1) is 0 Å². The smallest absolute Gasteiger partial charge is 0.336 e. The Morgan fingerprint density at radius 2 is 2.11 bits per heavy atom. The number of unbranched alkanes of at least 4 members (excludes halogenated alkanes) is 3. The number of carbonyl (C=O) groups is 1. The largest absolute Gasteiger partial charge is 0.337 e. The van der Waals surface area contributed by atoms with E-state index in [2.05, 4.69) is 12.2 Å². The molecule has 0 aliphatic carbocycles. The summed E-state index contributed by atoms with van der Waals surface area (Å²) in [7, 11) is 0. The van der Waals surface area contributed by atoms with Crippen LogP contribution in [0.5, 0.6) is 0 Å². The molecule has 1 heterocycles. The predicted molar refractivity (Wildman–Crippen MR) is 69.3 cm³/mol. The van der Waals surface area contributed by atoms with Gasteiger partial charge in [0.15, 0.2) is 0 Å². The van der Waals surface area contributed by atoms with Gasteiger partial charge >= 0.3 is 11.7 Å². The molecule has 0 saturated carbocycles. The molecule has 1 aromatic heterocycles. The molecule has 100 valence electrons. The molecule has 0 aliphatic rings. The minimum absolute atomic E-state index is 0.198. The Kier molecular flexibility index (Phi) is 5.64. The second-order valence-corrected chi connectivity index (χ2v) is 4.31. The van der Waals surface area contributed by atoms with Crippen LogP contribution in [0.4, 0.5) is 4.79 Å². The molecule has 0 bridgehead atoms. The van der Waals surface area contributed by atoms with Crippen LogP contribution in [0.1, 0.15) is 32.6 Å². The number of amides is 1. The van der Waals surface area contributed by atoms with Crippen LogP contribution < -0.4 is 16.6 Å². The van der Waals surface area contributed by atoms with E-state index in [9.17, 15) is 14.4 Å². The molecule has 0 unspecified atom stereocenters. The summed E-state index contributed by atoms with van der Waals surface area (Å²) >= 11 is 5.55. The van der Waals surface area contributed by atoms with E-state index in [1.54, 1.807) is 0 Å². The number of carbonyl (C=O) groups excluding carboxylic acids is 1. The fourth-order valence-corrected chi connectivity index (χ4v) is 1.58. The Bertz CT molecular complexity index is 521. The zero-order valence-electron chi connectivity index (χ0n) is 10.2. The number of rotatable bonds is 5. The number of hydrogen-bond donors (Lipinski definition) is 2. The molecular formula is C11H16ClN3O3. The zero-order valence-corrected chi connectivity index (χ0v) is 10.9. The van der Waals surface area contributed by atoms with E-state index in [1.165, 1.54) is 0 Å². The first-order valence-corrected chi connectivity index (χ1v) is 6.23. The molecule has 1 amide bonds. The Morgan fingerprint density at radius 1 is 1.39 bits per heavy atom. The van der Waals surface area contributed by atoms with Crippen LogP contribution in [0.3, 0.4) is 0 Å². The van der Waals surface area contributed by atoms with Gasteiger partial charge < -0.3 is 5.32 Å². The molecule has 0 aliphatic heterocycles. The third kappa shape index (κ3) is 4.03. The normalized spacial score (nSPS) is 10.3. The van der Waals surface area contributed by atoms with E-state index in [0.717, 1.165) is 36.4 Å². The standard InChI is InChI=1S/C11H16ClN3O3/c1-2-3-4-5-6-13-10(17)15-7-8(12)9(16)14-11(15)18/h7H,2-6H2,1H3,(H,13,17)(H,14,16,18). The van der Waals surface area contributed by atoms with Crippen LogP contribution in [0, 0.1) is 0 Å². The summed E-state index contributed by atoms with van der Waals surface area (Å²) < 4.78 is 0.754. The predicted octanol–water partition coefficient (Wildman–Crippen LogP) is 1.33. The van der Waals surface area contributed by atoms with Gasteiger partial charge in [-0.1, -0.05) is 37.8 Å². The van der Waals surface area contributed by atoms with Crippen molar-refractivity contribution < 1.29 is 4.79 Å². The summed E-state index contributed by atoms with van der Waals surface area (Å²) in [5, 5.41) is 2.39. The second-order valence-electron chi connectivity index (χ2n) is 3.90. The monoisotopic (exact) mass is 273 g/mol. The molecular weight excluding hydrogens is 258 g/mol. The SMILES string of the molecule is CCCCCCNC(=O)n1cc(Cl)c(=O)[nH]c1=O. The Morgan fingerprint density at radius 3 is 2.78 bits per heavy atom. The number of nitrogens with zero attached hydrogens (tertiary/aromatic N) is 1. The molecule has 6 nitrogen and oxygen atoms in total. The van der Waals surface area contributed by atoms with E-state index < -0.39 is 17.3 Å². The van der Waals surface area contributed by atoms with Crippen LogP contribution in [-0.2, 0) is 0 Å². The minimum Gasteiger partial charge on any atom is -0.337 e. The van der Waals surface area contributed by atoms with Gasteiger partial charge in [-0.15, -0.1) is 0 Å². The fraction of sp³-hybridized carbons (Fsp3) is 0.545. The molecule has 18 heavy (non-hydrogen) atoms. The van der Waals surface area contributed by atoms with Gasteiger partial charge in [-0.25, -0.2) is 14.2 Å². The van der Waals surface area contributed by atoms with Crippen molar-refractivity contribution in [2.24, 2.45) is 0 Å². The topological polar surface area (TPSA) is 84.0 Å². The van der Waals surface area contributed by atoms with Crippen LogP contribution in [0.25, 0.3) is 0 Å². The average molecular weight is 274 g/mol. The molecule has 1 rings (SSSR count). The van der Waals surface area contributed by atoms with E-state index in [1.807, 2.05) is 4.98 Å². The lowest BCUT2D eigenvalue weighted by Crippen LogP contribution is -2.40. The van der Waals surface area contributed by atoms with Gasteiger partial charge in [-0.3, -0.25) is 9.78 Å². The summed E-state index contributed by atoms with van der Waals surface area (Å²) in [5.41, 5.74) is -1.50. The molecule has 1 aromatic rings. The van der Waals surface area contributed by atoms with Crippen LogP contribution in [0.15, 0.2) is 15.8 Å². The van der Waals surface area contributed by atoms with Crippen molar-refractivity contribution in [3.63, 3.8) is 0 Å². The van der Waals surface area contributed by atoms with Crippen molar-refractivity contribution in [1.82, 2.24) is 14.9 Å². The first kappa shape index (κ1) is 14.5. The highest BCUT2D eigenvalue weighted by molar-refractivity contribution is 6.30. The lowest BCUT2D eigenvalue weighted by Gasteiger charge is -2.06. The number of aromatic nitrogens is 2. The van der Waals surface area contributed by atoms with Crippen molar-refractivity contribution in [2.75, 3.05) is 6.54 Å². The van der Waals surface area contributed by atoms with E-state index in [4.69, 9.17) is 11.6 Å². The zero-order chi connectivity index (χ0) is 13.5. The summed E-state index contributed by atoms with van der Waals surface area (Å²) in [6.07, 6.45) is 5.12. The molecule has 0 atom stereocenters. The average Bonchev–Trinajstić information content (AvgIpc) is 2.33. The molecule has 0 fully saturated rings. The number of hydrogen-bond acceptors (Lipinski definition) is 3. The Labute approximate surface area is 109 Å². The maximum atomic E-state index is 11.6. The quantitative estimate of drug-likeness (QED) is 0.794. The van der Waals surface area contributed by atoms with Crippen LogP contribution in [-0.4, -0.2) is 22.1 Å². The lowest BCUT2D eigenvalue weighted by molar-refractivity contribution is 0.241. The van der Waals surface area contributed by atoms with Gasteiger partial charge in [0, 0.05) is 12.7 Å². The number of H-pyrrole nitrogens is 1. The van der Waals surface area contributed by atoms with E-state index >= 15 is 0 Å². The van der Waals surface area contributed by atoms with Crippen LogP contribution >= 0.6 is 11.6 Å². The first-order valence-electron chi connectivity index (χ1n) is 5.86. The Hall–Kier alpha value is -1.56. The third-order valence-corrected chi connectivity index (χ3v) is 2.69. The summed E-state index contributed by atoms with van der Waals surface area (Å²) in [6, 6.07) is -0.588. The van der Waals surface area contributed by atoms with Crippen molar-refractivity contribution in [3.05, 3.63) is 32.1 Å². The van der Waals surface area contributed by atoms with E-state index in [0.29, 0.717) is 6.54 Å². The van der Waals surface area contributed by atoms with E-state index in [-0.39, 0.29) is 5.02 Å². The number of aromatic amines is 1. The summed E-state index contributed by atoms with van der Waals surface area (Å²) in [6.45, 7) is 2.59. The highest BCUT2D eigenvalue weighted by Gasteiger charge is 2.08. The molecule has 0 spiro atoms. The number of halogens is 1. The van der Waals surface area contributed by atoms with Crippen molar-refractivity contribution in [2.45, 2.75) is 32.6 Å². The van der Waals surface area contributed by atoms with Crippen molar-refractivity contribution in [3.8, 4) is 0 Å². The molecule has 7 heteroatoms. The van der Waals surface area contributed by atoms with Gasteiger partial charge in [-0.05, 0) is 6.42 Å². The maximum Gasteiger partial charge on any atom is 0.336 e. The first-order chi connectivity index (χ1) is 8.56. The molecule has 0 saturated heterocycles. The molecule has 2 N–H and O–H groups in total. The maximum absolute atomic E-state index is 11.6. The van der Waals surface area contributed by atoms with Gasteiger partial charge in [0.25, 0.3) is 5.56 Å². The summed E-state index contributed by atoms with van der Waals surface area (Å²) in [4.78, 5) is 36.0. The van der Waals surface area contributed by atoms with Gasteiger partial charge in [0.2, 0.25) is 0 Å². The third-order valence-electron chi connectivity index (χ3n) is 2.42. The van der Waals surface area contributed by atoms with Crippen molar-refractivity contribution >= 4 is 17.6 Å². The van der Waals surface area contributed by atoms with Crippen molar-refractivity contribution in [1.29, 1.82) is 0 Å². The molecule has 0 aromatic carbocycles. The number of nitrogens with one attached hydrogen (secondary N) is 2. The van der Waals surface area contributed by atoms with Crippen LogP contribution in [0.2, 0.25) is 5.02 Å². The highest BCUT2D eigenvalue weighted by Crippen LogP contribution is 1.98. The fourth-order valence-electron chi connectivity index (χ4n) is 1.43. The highest BCUT2D eigenvalue weighted by atomic mass is 35.5. The lowest BCUT2D eigenvalue weighted by atomic mass is 10.2. The summed E-state index contributed by atoms with van der Waals surface area (Å²) in [5.74, 6) is 0. The molecule has 0 radical (unpaired) electrons. The minimum atomic E-state index is -0.796. The second kappa shape index (κ2) is 7.00. The Balaban J connectivity index is 2.60. The van der Waals surface area contributed by atoms with Gasteiger partial charge in [-0.2, -0.15) is 0 Å².